The normalized spacial score (nSPS) is 34.0. The first-order chi connectivity index (χ1) is 6.91. The van der Waals surface area contributed by atoms with Crippen LogP contribution < -0.4 is 0 Å². The third kappa shape index (κ3) is 2.87. The average Bonchev–Trinajstić information content (AvgIpc) is 2.51. The maximum atomic E-state index is 9.63. The van der Waals surface area contributed by atoms with Gasteiger partial charge in [0.05, 0.1) is 13.2 Å². The highest BCUT2D eigenvalue weighted by Crippen LogP contribution is 2.30. The van der Waals surface area contributed by atoms with Crippen molar-refractivity contribution in [2.75, 3.05) is 13.2 Å². The van der Waals surface area contributed by atoms with E-state index in [2.05, 4.69) is 0 Å². The fourth-order valence-electron chi connectivity index (χ4n) is 1.62. The van der Waals surface area contributed by atoms with Gasteiger partial charge in [0, 0.05) is 0 Å². The summed E-state index contributed by atoms with van der Waals surface area (Å²) in [6, 6.07) is 0. The van der Waals surface area contributed by atoms with E-state index < -0.39 is 36.8 Å². The number of hydrogen-bond acceptors (Lipinski definition) is 6. The van der Waals surface area contributed by atoms with Gasteiger partial charge in [-0.3, -0.25) is 0 Å². The van der Waals surface area contributed by atoms with Crippen molar-refractivity contribution >= 4 is 0 Å². The summed E-state index contributed by atoms with van der Waals surface area (Å²) < 4.78 is 10.6. The minimum Gasteiger partial charge on any atom is -0.394 e. The van der Waals surface area contributed by atoms with Crippen molar-refractivity contribution in [2.45, 2.75) is 44.1 Å². The van der Waals surface area contributed by atoms with E-state index in [1.54, 1.807) is 13.8 Å². The fraction of sp³-hybridized carbons (Fsp3) is 1.00. The summed E-state index contributed by atoms with van der Waals surface area (Å²) in [6.45, 7) is 2.41. The molecule has 0 aromatic heterocycles. The van der Waals surface area contributed by atoms with Crippen molar-refractivity contribution < 1.29 is 29.9 Å². The molecule has 4 atom stereocenters. The van der Waals surface area contributed by atoms with Gasteiger partial charge in [-0.1, -0.05) is 0 Å². The second-order valence-corrected chi connectivity index (χ2v) is 4.06. The number of aliphatic hydroxyl groups is 4. The number of rotatable bonds is 4. The molecule has 6 heteroatoms. The average molecular weight is 222 g/mol. The monoisotopic (exact) mass is 222 g/mol. The van der Waals surface area contributed by atoms with Gasteiger partial charge >= 0.3 is 0 Å². The molecule has 6 nitrogen and oxygen atoms in total. The topological polar surface area (TPSA) is 99.4 Å². The highest BCUT2D eigenvalue weighted by Gasteiger charge is 2.46. The van der Waals surface area contributed by atoms with Crippen LogP contribution in [0.3, 0.4) is 0 Å². The molecule has 90 valence electrons. The minimum atomic E-state index is -1.30. The molecule has 0 amide bonds. The third-order valence-electron chi connectivity index (χ3n) is 2.32. The third-order valence-corrected chi connectivity index (χ3v) is 2.32. The van der Waals surface area contributed by atoms with Crippen molar-refractivity contribution in [1.82, 2.24) is 0 Å². The Balaban J connectivity index is 2.68. The highest BCUT2D eigenvalue weighted by atomic mass is 16.8. The molecule has 0 aromatic rings. The first-order valence-corrected chi connectivity index (χ1v) is 4.85. The van der Waals surface area contributed by atoms with Gasteiger partial charge in [0.2, 0.25) is 0 Å². The van der Waals surface area contributed by atoms with Gasteiger partial charge in [-0.25, -0.2) is 0 Å². The molecule has 0 saturated carbocycles. The summed E-state index contributed by atoms with van der Waals surface area (Å²) in [6.07, 6.45) is -4.13. The molecule has 1 saturated heterocycles. The van der Waals surface area contributed by atoms with E-state index in [4.69, 9.17) is 19.7 Å². The predicted molar refractivity (Wildman–Crippen MR) is 50.0 cm³/mol. The lowest BCUT2D eigenvalue weighted by Gasteiger charge is -2.24. The molecule has 1 heterocycles. The lowest BCUT2D eigenvalue weighted by molar-refractivity contribution is -0.165. The molecular weight excluding hydrogens is 204 g/mol. The highest BCUT2D eigenvalue weighted by molar-refractivity contribution is 4.89. The molecular formula is C9H18O6. The summed E-state index contributed by atoms with van der Waals surface area (Å²) in [5.41, 5.74) is 0. The van der Waals surface area contributed by atoms with E-state index in [1.807, 2.05) is 0 Å². The zero-order valence-electron chi connectivity index (χ0n) is 8.83. The standard InChI is InChI=1S/C9H18O6/c1-9(2)14-6(4-11)8(15-9)7(13)5(12)3-10/h5-8,10-13H,3-4H2,1-2H3/t5-,6+,7+,8-/m1/s1. The number of ether oxygens (including phenoxy) is 2. The maximum absolute atomic E-state index is 9.63. The van der Waals surface area contributed by atoms with E-state index in [0.717, 1.165) is 0 Å². The lowest BCUT2D eigenvalue weighted by atomic mass is 10.0. The zero-order chi connectivity index (χ0) is 11.6. The van der Waals surface area contributed by atoms with Crippen molar-refractivity contribution in [3.63, 3.8) is 0 Å². The molecule has 0 unspecified atom stereocenters. The van der Waals surface area contributed by atoms with Gasteiger partial charge in [0.25, 0.3) is 0 Å². The van der Waals surface area contributed by atoms with Gasteiger partial charge in [-0.05, 0) is 13.8 Å². The van der Waals surface area contributed by atoms with Crippen molar-refractivity contribution in [3.8, 4) is 0 Å². The molecule has 1 rings (SSSR count). The van der Waals surface area contributed by atoms with Gasteiger partial charge < -0.3 is 29.9 Å². The van der Waals surface area contributed by atoms with E-state index in [1.165, 1.54) is 0 Å². The Kier molecular flexibility index (Phi) is 4.05. The van der Waals surface area contributed by atoms with Crippen LogP contribution in [-0.2, 0) is 9.47 Å². The van der Waals surface area contributed by atoms with Gasteiger partial charge in [-0.15, -0.1) is 0 Å². The van der Waals surface area contributed by atoms with Gasteiger partial charge in [0.15, 0.2) is 5.79 Å². The molecule has 0 bridgehead atoms. The molecule has 0 radical (unpaired) electrons. The van der Waals surface area contributed by atoms with E-state index in [-0.39, 0.29) is 6.61 Å². The Morgan fingerprint density at radius 2 is 1.80 bits per heavy atom. The summed E-state index contributed by atoms with van der Waals surface area (Å²) in [7, 11) is 0. The zero-order valence-corrected chi connectivity index (χ0v) is 8.83. The smallest absolute Gasteiger partial charge is 0.164 e. The molecule has 15 heavy (non-hydrogen) atoms. The largest absolute Gasteiger partial charge is 0.394 e. The SMILES string of the molecule is CC1(C)O[C@@H]([C@@H](O)[C@H](O)CO)[C@H](CO)O1. The molecule has 1 fully saturated rings. The van der Waals surface area contributed by atoms with Crippen LogP contribution in [0, 0.1) is 0 Å². The molecule has 0 spiro atoms. The van der Waals surface area contributed by atoms with E-state index in [0.29, 0.717) is 0 Å². The second kappa shape index (κ2) is 4.73. The predicted octanol–water partition coefficient (Wildman–Crippen LogP) is -1.79. The van der Waals surface area contributed by atoms with Gasteiger partial charge in [0.1, 0.15) is 24.4 Å². The van der Waals surface area contributed by atoms with E-state index >= 15 is 0 Å². The first-order valence-electron chi connectivity index (χ1n) is 4.85. The summed E-state index contributed by atoms with van der Waals surface area (Å²) >= 11 is 0. The van der Waals surface area contributed by atoms with Crippen LogP contribution in [0.2, 0.25) is 0 Å². The van der Waals surface area contributed by atoms with Crippen LogP contribution in [0.5, 0.6) is 0 Å². The second-order valence-electron chi connectivity index (χ2n) is 4.06. The quantitative estimate of drug-likeness (QED) is 0.448. The minimum absolute atomic E-state index is 0.316. The Bertz CT molecular complexity index is 207. The number of hydrogen-bond donors (Lipinski definition) is 4. The van der Waals surface area contributed by atoms with Crippen LogP contribution in [0.1, 0.15) is 13.8 Å². The first kappa shape index (κ1) is 12.8. The van der Waals surface area contributed by atoms with Crippen molar-refractivity contribution in [3.05, 3.63) is 0 Å². The lowest BCUT2D eigenvalue weighted by Crippen LogP contribution is -2.45. The maximum Gasteiger partial charge on any atom is 0.164 e. The molecule has 0 aliphatic carbocycles. The Labute approximate surface area is 88.1 Å². The van der Waals surface area contributed by atoms with Crippen LogP contribution in [0.15, 0.2) is 0 Å². The molecule has 1 aliphatic rings. The van der Waals surface area contributed by atoms with Crippen molar-refractivity contribution in [1.29, 1.82) is 0 Å². The summed E-state index contributed by atoms with van der Waals surface area (Å²) in [5.74, 6) is -0.909. The summed E-state index contributed by atoms with van der Waals surface area (Å²) in [5, 5.41) is 36.6. The Morgan fingerprint density at radius 1 is 1.20 bits per heavy atom. The molecule has 4 N–H and O–H groups in total. The van der Waals surface area contributed by atoms with Crippen LogP contribution in [0.25, 0.3) is 0 Å². The Hall–Kier alpha value is -0.240. The van der Waals surface area contributed by atoms with Crippen LogP contribution >= 0.6 is 0 Å². The molecule has 1 aliphatic heterocycles. The molecule has 0 aromatic carbocycles. The Morgan fingerprint density at radius 3 is 2.27 bits per heavy atom. The van der Waals surface area contributed by atoms with Crippen LogP contribution in [0.4, 0.5) is 0 Å². The number of aliphatic hydroxyl groups excluding tert-OH is 4. The van der Waals surface area contributed by atoms with Crippen molar-refractivity contribution in [2.24, 2.45) is 0 Å². The van der Waals surface area contributed by atoms with Gasteiger partial charge in [-0.2, -0.15) is 0 Å². The fourth-order valence-corrected chi connectivity index (χ4v) is 1.62. The van der Waals surface area contributed by atoms with E-state index in [9.17, 15) is 10.2 Å². The summed E-state index contributed by atoms with van der Waals surface area (Å²) in [4.78, 5) is 0. The van der Waals surface area contributed by atoms with Crippen LogP contribution in [-0.4, -0.2) is 63.8 Å².